The van der Waals surface area contributed by atoms with Crippen molar-refractivity contribution in [2.75, 3.05) is 39.7 Å². The third-order valence-corrected chi connectivity index (χ3v) is 4.10. The molecule has 0 aliphatic rings. The normalized spacial score (nSPS) is 11.8. The van der Waals surface area contributed by atoms with Crippen LogP contribution in [0.5, 0.6) is 0 Å². The number of benzene rings is 1. The van der Waals surface area contributed by atoms with Gasteiger partial charge in [0.1, 0.15) is 0 Å². The van der Waals surface area contributed by atoms with E-state index >= 15 is 0 Å². The van der Waals surface area contributed by atoms with Crippen LogP contribution in [-0.2, 0) is 14.8 Å². The first-order valence-corrected chi connectivity index (χ1v) is 6.68. The van der Waals surface area contributed by atoms with E-state index in [2.05, 4.69) is 5.32 Å². The molecule has 17 heavy (non-hydrogen) atoms. The van der Waals surface area contributed by atoms with Crippen LogP contribution >= 0.6 is 0 Å². The summed E-state index contributed by atoms with van der Waals surface area (Å²) < 4.78 is 29.7. The van der Waals surface area contributed by atoms with Crippen molar-refractivity contribution in [3.63, 3.8) is 0 Å². The van der Waals surface area contributed by atoms with Crippen LogP contribution in [0, 0.1) is 0 Å². The number of methoxy groups -OCH3 is 1. The van der Waals surface area contributed by atoms with Crippen molar-refractivity contribution in [2.45, 2.75) is 4.90 Å². The minimum Gasteiger partial charge on any atom is -0.383 e. The molecule has 0 amide bonds. The first kappa shape index (κ1) is 14.0. The number of nitrogens with zero attached hydrogens (tertiary/aromatic N) is 1. The van der Waals surface area contributed by atoms with E-state index in [1.165, 1.54) is 18.4 Å². The molecule has 0 aliphatic heterocycles. The number of nitrogens with one attached hydrogen (secondary N) is 1. The van der Waals surface area contributed by atoms with Crippen LogP contribution in [0.15, 0.2) is 29.2 Å². The van der Waals surface area contributed by atoms with Crippen LogP contribution in [0.3, 0.4) is 0 Å². The summed E-state index contributed by atoms with van der Waals surface area (Å²) in [7, 11) is 1.32. The van der Waals surface area contributed by atoms with Gasteiger partial charge in [-0.05, 0) is 24.3 Å². The van der Waals surface area contributed by atoms with Crippen molar-refractivity contribution in [2.24, 2.45) is 0 Å². The maximum Gasteiger partial charge on any atom is 0.242 e. The molecule has 0 fully saturated rings. The number of rotatable bonds is 6. The first-order chi connectivity index (χ1) is 7.98. The summed E-state index contributed by atoms with van der Waals surface area (Å²) in [5, 5.41) is 3.12. The summed E-state index contributed by atoms with van der Waals surface area (Å²) in [5.74, 6) is 0. The standard InChI is InChI=1S/C11H18N2O3S/c1-13(2)17(14,15)11-6-4-10(5-7-11)12-8-9-16-3/h4-7,12H,8-9H2,1-3H3. The molecule has 0 spiro atoms. The highest BCUT2D eigenvalue weighted by atomic mass is 32.2. The second-order valence-electron chi connectivity index (χ2n) is 3.73. The fraction of sp³-hybridized carbons (Fsp3) is 0.455. The number of hydrogen-bond donors (Lipinski definition) is 1. The molecular weight excluding hydrogens is 240 g/mol. The Hall–Kier alpha value is -1.11. The summed E-state index contributed by atoms with van der Waals surface area (Å²) in [6.07, 6.45) is 0. The molecule has 0 radical (unpaired) electrons. The molecule has 0 aromatic heterocycles. The molecule has 0 aliphatic carbocycles. The third kappa shape index (κ3) is 3.69. The maximum atomic E-state index is 11.8. The van der Waals surface area contributed by atoms with Gasteiger partial charge in [0.05, 0.1) is 11.5 Å². The SMILES string of the molecule is COCCNc1ccc(S(=O)(=O)N(C)C)cc1. The maximum absolute atomic E-state index is 11.8. The zero-order chi connectivity index (χ0) is 12.9. The summed E-state index contributed by atoms with van der Waals surface area (Å²) in [6.45, 7) is 1.30. The lowest BCUT2D eigenvalue weighted by atomic mass is 10.3. The third-order valence-electron chi connectivity index (χ3n) is 2.27. The minimum atomic E-state index is -3.34. The van der Waals surface area contributed by atoms with Gasteiger partial charge in [-0.25, -0.2) is 12.7 Å². The Bertz CT molecular complexity index is 440. The molecule has 1 rings (SSSR count). The second-order valence-corrected chi connectivity index (χ2v) is 5.88. The van der Waals surface area contributed by atoms with E-state index < -0.39 is 10.0 Å². The molecule has 0 heterocycles. The van der Waals surface area contributed by atoms with Crippen molar-refractivity contribution < 1.29 is 13.2 Å². The first-order valence-electron chi connectivity index (χ1n) is 5.24. The van der Waals surface area contributed by atoms with Crippen LogP contribution in [0.1, 0.15) is 0 Å². The zero-order valence-electron chi connectivity index (χ0n) is 10.3. The van der Waals surface area contributed by atoms with Gasteiger partial charge in [0.15, 0.2) is 0 Å². The van der Waals surface area contributed by atoms with E-state index in [1.807, 2.05) is 0 Å². The molecular formula is C11H18N2O3S. The van der Waals surface area contributed by atoms with Crippen molar-refractivity contribution in [3.8, 4) is 0 Å². The second kappa shape index (κ2) is 6.00. The van der Waals surface area contributed by atoms with Gasteiger partial charge >= 0.3 is 0 Å². The number of sulfonamides is 1. The van der Waals surface area contributed by atoms with Gasteiger partial charge in [0, 0.05) is 33.4 Å². The molecule has 96 valence electrons. The van der Waals surface area contributed by atoms with Crippen LogP contribution < -0.4 is 5.32 Å². The Morgan fingerprint density at radius 3 is 2.29 bits per heavy atom. The van der Waals surface area contributed by atoms with Gasteiger partial charge in [-0.2, -0.15) is 0 Å². The Morgan fingerprint density at radius 2 is 1.82 bits per heavy atom. The van der Waals surface area contributed by atoms with E-state index in [1.54, 1.807) is 31.4 Å². The van der Waals surface area contributed by atoms with Crippen molar-refractivity contribution in [1.29, 1.82) is 0 Å². The Kier molecular flexibility index (Phi) is 4.92. The van der Waals surface area contributed by atoms with E-state index in [4.69, 9.17) is 4.74 Å². The number of ether oxygens (including phenoxy) is 1. The summed E-state index contributed by atoms with van der Waals surface area (Å²) >= 11 is 0. The van der Waals surface area contributed by atoms with E-state index in [0.717, 1.165) is 5.69 Å². The monoisotopic (exact) mass is 258 g/mol. The van der Waals surface area contributed by atoms with Crippen LogP contribution in [0.2, 0.25) is 0 Å². The van der Waals surface area contributed by atoms with Gasteiger partial charge in [-0.3, -0.25) is 0 Å². The zero-order valence-corrected chi connectivity index (χ0v) is 11.1. The fourth-order valence-electron chi connectivity index (χ4n) is 1.25. The van der Waals surface area contributed by atoms with Crippen molar-refractivity contribution >= 4 is 15.7 Å². The molecule has 5 nitrogen and oxygen atoms in total. The van der Waals surface area contributed by atoms with Gasteiger partial charge in [0.25, 0.3) is 0 Å². The molecule has 1 aromatic carbocycles. The molecule has 0 saturated heterocycles. The van der Waals surface area contributed by atoms with E-state index in [-0.39, 0.29) is 0 Å². The molecule has 0 saturated carbocycles. The lowest BCUT2D eigenvalue weighted by Crippen LogP contribution is -2.22. The van der Waals surface area contributed by atoms with Gasteiger partial charge < -0.3 is 10.1 Å². The predicted molar refractivity (Wildman–Crippen MR) is 67.7 cm³/mol. The fourth-order valence-corrected chi connectivity index (χ4v) is 2.15. The van der Waals surface area contributed by atoms with Crippen molar-refractivity contribution in [1.82, 2.24) is 4.31 Å². The van der Waals surface area contributed by atoms with Gasteiger partial charge in [0.2, 0.25) is 10.0 Å². The summed E-state index contributed by atoms with van der Waals surface area (Å²) in [4.78, 5) is 0.291. The van der Waals surface area contributed by atoms with Crippen molar-refractivity contribution in [3.05, 3.63) is 24.3 Å². The molecule has 1 aromatic rings. The van der Waals surface area contributed by atoms with Gasteiger partial charge in [-0.15, -0.1) is 0 Å². The molecule has 0 unspecified atom stereocenters. The summed E-state index contributed by atoms with van der Waals surface area (Å²) in [6, 6.07) is 6.66. The quantitative estimate of drug-likeness (QED) is 0.773. The molecule has 0 atom stereocenters. The van der Waals surface area contributed by atoms with Crippen LogP contribution in [0.4, 0.5) is 5.69 Å². The molecule has 6 heteroatoms. The topological polar surface area (TPSA) is 58.6 Å². The largest absolute Gasteiger partial charge is 0.383 e. The average Bonchev–Trinajstić information content (AvgIpc) is 2.30. The van der Waals surface area contributed by atoms with Gasteiger partial charge in [-0.1, -0.05) is 0 Å². The van der Waals surface area contributed by atoms with E-state index in [9.17, 15) is 8.42 Å². The Morgan fingerprint density at radius 1 is 1.24 bits per heavy atom. The lowest BCUT2D eigenvalue weighted by molar-refractivity contribution is 0.211. The highest BCUT2D eigenvalue weighted by Crippen LogP contribution is 2.16. The Labute approximate surface area is 102 Å². The number of hydrogen-bond acceptors (Lipinski definition) is 4. The smallest absolute Gasteiger partial charge is 0.242 e. The van der Waals surface area contributed by atoms with Crippen LogP contribution in [-0.4, -0.2) is 47.1 Å². The Balaban J connectivity index is 2.75. The average molecular weight is 258 g/mol. The van der Waals surface area contributed by atoms with E-state index in [0.29, 0.717) is 18.0 Å². The predicted octanol–water partition coefficient (Wildman–Crippen LogP) is 0.995. The number of anilines is 1. The molecule has 0 bridgehead atoms. The summed E-state index contributed by atoms with van der Waals surface area (Å²) in [5.41, 5.74) is 0.875. The highest BCUT2D eigenvalue weighted by molar-refractivity contribution is 7.89. The minimum absolute atomic E-state index is 0.291. The highest BCUT2D eigenvalue weighted by Gasteiger charge is 2.16. The molecule has 1 N–H and O–H groups in total. The lowest BCUT2D eigenvalue weighted by Gasteiger charge is -2.12. The van der Waals surface area contributed by atoms with Crippen LogP contribution in [0.25, 0.3) is 0 Å².